The Labute approximate surface area is 175 Å². The van der Waals surface area contributed by atoms with Gasteiger partial charge in [-0.2, -0.15) is 0 Å². The van der Waals surface area contributed by atoms with Crippen molar-refractivity contribution in [2.24, 2.45) is 0 Å². The molecule has 0 heterocycles. The summed E-state index contributed by atoms with van der Waals surface area (Å²) in [7, 11) is -5.71. The Morgan fingerprint density at radius 3 is 2.14 bits per heavy atom. The zero-order valence-corrected chi connectivity index (χ0v) is 20.0. The summed E-state index contributed by atoms with van der Waals surface area (Å²) in [5.41, 5.74) is 1.62. The Kier molecular flexibility index (Phi) is 6.97. The second kappa shape index (κ2) is 8.53. The molecular weight excluding hydrogens is 406 g/mol. The molecule has 0 aliphatic carbocycles. The van der Waals surface area contributed by atoms with E-state index >= 15 is 0 Å². The average Bonchev–Trinajstić information content (AvgIpc) is 2.59. The van der Waals surface area contributed by atoms with Gasteiger partial charge in [0.15, 0.2) is 0 Å². The van der Waals surface area contributed by atoms with E-state index < -0.39 is 18.1 Å². The standard InChI is InChI=1S/C22H30ClNO2SSi/c1-17-11-14-19(15-12-17)27(25,26)24-21(28(5,6)22(2,3)4)16-13-18-9-7-8-10-20(18)23/h7-16,21,24H,1-6H3/b16-13+. The first-order chi connectivity index (χ1) is 12.8. The van der Waals surface area contributed by atoms with E-state index in [9.17, 15) is 8.42 Å². The third-order valence-corrected chi connectivity index (χ3v) is 13.5. The number of hydrogen-bond acceptors (Lipinski definition) is 2. The Morgan fingerprint density at radius 1 is 1.04 bits per heavy atom. The lowest BCUT2D eigenvalue weighted by molar-refractivity contribution is 0.579. The maximum Gasteiger partial charge on any atom is 0.240 e. The molecule has 0 aliphatic heterocycles. The molecule has 0 bridgehead atoms. The van der Waals surface area contributed by atoms with Crippen LogP contribution in [0.5, 0.6) is 0 Å². The third kappa shape index (κ3) is 5.35. The highest BCUT2D eigenvalue weighted by Gasteiger charge is 2.42. The predicted octanol–water partition coefficient (Wildman–Crippen LogP) is 6.06. The van der Waals surface area contributed by atoms with Crippen LogP contribution in [0.3, 0.4) is 0 Å². The smallest absolute Gasteiger partial charge is 0.207 e. The zero-order valence-electron chi connectivity index (χ0n) is 17.5. The molecule has 0 saturated heterocycles. The molecular formula is C22H30ClNO2SSi. The monoisotopic (exact) mass is 435 g/mol. The van der Waals surface area contributed by atoms with Crippen molar-refractivity contribution in [1.82, 2.24) is 4.72 Å². The molecule has 2 rings (SSSR count). The second-order valence-electron chi connectivity index (χ2n) is 8.76. The van der Waals surface area contributed by atoms with Crippen LogP contribution in [0.1, 0.15) is 31.9 Å². The van der Waals surface area contributed by atoms with Crippen molar-refractivity contribution in [3.63, 3.8) is 0 Å². The number of benzene rings is 2. The summed E-state index contributed by atoms with van der Waals surface area (Å²) in [6.45, 7) is 12.9. The summed E-state index contributed by atoms with van der Waals surface area (Å²) < 4.78 is 29.1. The van der Waals surface area contributed by atoms with Gasteiger partial charge in [0, 0.05) is 10.7 Å². The summed E-state index contributed by atoms with van der Waals surface area (Å²) in [6, 6.07) is 14.5. The van der Waals surface area contributed by atoms with E-state index in [0.717, 1.165) is 11.1 Å². The highest BCUT2D eigenvalue weighted by Crippen LogP contribution is 2.39. The Bertz CT molecular complexity index is 945. The van der Waals surface area contributed by atoms with Gasteiger partial charge in [0.05, 0.1) is 13.0 Å². The maximum atomic E-state index is 13.1. The van der Waals surface area contributed by atoms with Gasteiger partial charge in [-0.15, -0.1) is 0 Å². The quantitative estimate of drug-likeness (QED) is 0.560. The van der Waals surface area contributed by atoms with Gasteiger partial charge in [-0.05, 0) is 35.7 Å². The minimum atomic E-state index is -3.63. The van der Waals surface area contributed by atoms with E-state index in [1.165, 1.54) is 0 Å². The molecule has 0 amide bonds. The van der Waals surface area contributed by atoms with Crippen molar-refractivity contribution in [1.29, 1.82) is 0 Å². The molecule has 0 spiro atoms. The molecule has 0 aromatic heterocycles. The summed E-state index contributed by atoms with van der Waals surface area (Å²) >= 11 is 6.28. The van der Waals surface area contributed by atoms with E-state index in [0.29, 0.717) is 5.02 Å². The fourth-order valence-electron chi connectivity index (χ4n) is 2.66. The van der Waals surface area contributed by atoms with E-state index in [4.69, 9.17) is 11.6 Å². The van der Waals surface area contributed by atoms with E-state index in [-0.39, 0.29) is 15.6 Å². The molecule has 28 heavy (non-hydrogen) atoms. The summed E-state index contributed by atoms with van der Waals surface area (Å²) in [5, 5.41) is 0.646. The summed E-state index contributed by atoms with van der Waals surface area (Å²) in [4.78, 5) is 0.285. The molecule has 6 heteroatoms. The normalized spacial score (nSPS) is 14.4. The molecule has 2 aromatic carbocycles. The van der Waals surface area contributed by atoms with Crippen molar-refractivity contribution in [3.8, 4) is 0 Å². The summed E-state index contributed by atoms with van der Waals surface area (Å²) in [6.07, 6.45) is 3.88. The molecule has 3 nitrogen and oxygen atoms in total. The molecule has 0 radical (unpaired) electrons. The van der Waals surface area contributed by atoms with Crippen LogP contribution in [0, 0.1) is 6.92 Å². The Balaban J connectivity index is 2.44. The van der Waals surface area contributed by atoms with Crippen LogP contribution >= 0.6 is 11.6 Å². The van der Waals surface area contributed by atoms with Crippen LogP contribution in [0.4, 0.5) is 0 Å². The first kappa shape index (κ1) is 22.9. The van der Waals surface area contributed by atoms with Crippen molar-refractivity contribution >= 4 is 35.8 Å². The van der Waals surface area contributed by atoms with Crippen molar-refractivity contribution in [3.05, 3.63) is 70.8 Å². The number of rotatable bonds is 6. The van der Waals surface area contributed by atoms with Crippen LogP contribution < -0.4 is 4.72 Å². The van der Waals surface area contributed by atoms with E-state index in [2.05, 4.69) is 38.6 Å². The topological polar surface area (TPSA) is 46.2 Å². The van der Waals surface area contributed by atoms with Gasteiger partial charge in [-0.3, -0.25) is 0 Å². The van der Waals surface area contributed by atoms with E-state index in [1.807, 2.05) is 55.5 Å². The first-order valence-corrected chi connectivity index (χ1v) is 14.3. The largest absolute Gasteiger partial charge is 0.240 e. The SMILES string of the molecule is Cc1ccc(S(=O)(=O)NC(/C=C/c2ccccc2Cl)[Si](C)(C)C(C)(C)C)cc1. The van der Waals surface area contributed by atoms with E-state index in [1.54, 1.807) is 12.1 Å². The maximum absolute atomic E-state index is 13.1. The van der Waals surface area contributed by atoms with Crippen LogP contribution in [0.2, 0.25) is 23.2 Å². The lowest BCUT2D eigenvalue weighted by atomic mass is 10.2. The Morgan fingerprint density at radius 2 is 1.61 bits per heavy atom. The van der Waals surface area contributed by atoms with Crippen LogP contribution in [-0.2, 0) is 10.0 Å². The lowest BCUT2D eigenvalue weighted by Gasteiger charge is -2.42. The average molecular weight is 436 g/mol. The molecule has 0 aliphatic rings. The van der Waals surface area contributed by atoms with Gasteiger partial charge < -0.3 is 0 Å². The zero-order chi connectivity index (χ0) is 21.2. The van der Waals surface area contributed by atoms with Gasteiger partial charge in [0.2, 0.25) is 10.0 Å². The van der Waals surface area contributed by atoms with Crippen molar-refractivity contribution < 1.29 is 8.42 Å². The third-order valence-electron chi connectivity index (χ3n) is 5.70. The van der Waals surface area contributed by atoms with Gasteiger partial charge >= 0.3 is 0 Å². The number of aryl methyl sites for hydroxylation is 1. The van der Waals surface area contributed by atoms with Gasteiger partial charge in [0.1, 0.15) is 0 Å². The molecule has 1 unspecified atom stereocenters. The van der Waals surface area contributed by atoms with Crippen LogP contribution in [0.25, 0.3) is 6.08 Å². The summed E-state index contributed by atoms with van der Waals surface area (Å²) in [5.74, 6) is 0. The number of hydrogen-bond donors (Lipinski definition) is 1. The van der Waals surface area contributed by atoms with Gasteiger partial charge in [0.25, 0.3) is 0 Å². The van der Waals surface area contributed by atoms with Crippen molar-refractivity contribution in [2.75, 3.05) is 0 Å². The molecule has 1 atom stereocenters. The molecule has 1 N–H and O–H groups in total. The minimum Gasteiger partial charge on any atom is -0.207 e. The highest BCUT2D eigenvalue weighted by atomic mass is 35.5. The molecule has 0 fully saturated rings. The number of sulfonamides is 1. The van der Waals surface area contributed by atoms with Crippen LogP contribution in [0.15, 0.2) is 59.5 Å². The first-order valence-electron chi connectivity index (χ1n) is 9.36. The van der Waals surface area contributed by atoms with Crippen LogP contribution in [-0.4, -0.2) is 22.2 Å². The molecule has 0 saturated carbocycles. The van der Waals surface area contributed by atoms with Crippen molar-refractivity contribution in [2.45, 2.75) is 56.4 Å². The number of halogens is 1. The Hall–Kier alpha value is -1.40. The molecule has 152 valence electrons. The number of nitrogens with one attached hydrogen (secondary N) is 1. The lowest BCUT2D eigenvalue weighted by Crippen LogP contribution is -2.56. The van der Waals surface area contributed by atoms with Gasteiger partial charge in [-0.25, -0.2) is 13.1 Å². The predicted molar refractivity (Wildman–Crippen MR) is 123 cm³/mol. The fourth-order valence-corrected chi connectivity index (χ4v) is 7.05. The van der Waals surface area contributed by atoms with Gasteiger partial charge in [-0.1, -0.05) is 93.5 Å². The minimum absolute atomic E-state index is 0.00170. The fraction of sp³-hybridized carbons (Fsp3) is 0.364. The second-order valence-corrected chi connectivity index (χ2v) is 16.5. The highest BCUT2D eigenvalue weighted by molar-refractivity contribution is 7.89. The molecule has 2 aromatic rings.